The van der Waals surface area contributed by atoms with Crippen LogP contribution in [0.15, 0.2) is 4.47 Å². The highest BCUT2D eigenvalue weighted by molar-refractivity contribution is 9.10. The third-order valence-electron chi connectivity index (χ3n) is 7.27. The van der Waals surface area contributed by atoms with Crippen molar-refractivity contribution in [2.45, 2.75) is 73.5 Å². The SMILES string of the molecule is Cc1nc(C)c(C(O)C(=O)OC(C)C)c(N2CC3CCC(C)(C2)C3(C)C)c1Br. The number of esters is 1. The second-order valence-electron chi connectivity index (χ2n) is 9.65. The zero-order valence-corrected chi connectivity index (χ0v) is 19.7. The maximum absolute atomic E-state index is 12.5. The van der Waals surface area contributed by atoms with E-state index in [1.165, 1.54) is 12.8 Å². The molecule has 5 nitrogen and oxygen atoms in total. The maximum Gasteiger partial charge on any atom is 0.340 e. The largest absolute Gasteiger partial charge is 0.461 e. The van der Waals surface area contributed by atoms with Crippen LogP contribution in [0.2, 0.25) is 0 Å². The summed E-state index contributed by atoms with van der Waals surface area (Å²) in [7, 11) is 0. The Balaban J connectivity index is 2.07. The quantitative estimate of drug-likeness (QED) is 0.670. The second-order valence-corrected chi connectivity index (χ2v) is 10.4. The number of rotatable bonds is 4. The number of aromatic nitrogens is 1. The lowest BCUT2D eigenvalue weighted by Crippen LogP contribution is -2.52. The minimum absolute atomic E-state index is 0.196. The van der Waals surface area contributed by atoms with E-state index in [2.05, 4.69) is 46.6 Å². The molecule has 2 aliphatic rings. The summed E-state index contributed by atoms with van der Waals surface area (Å²) in [4.78, 5) is 19.4. The highest BCUT2D eigenvalue weighted by Gasteiger charge is 2.56. The first-order valence-electron chi connectivity index (χ1n) is 10.2. The van der Waals surface area contributed by atoms with Gasteiger partial charge in [-0.15, -0.1) is 0 Å². The van der Waals surface area contributed by atoms with Gasteiger partial charge in [0, 0.05) is 24.3 Å². The first-order valence-corrected chi connectivity index (χ1v) is 11.0. The van der Waals surface area contributed by atoms with Gasteiger partial charge in [-0.25, -0.2) is 4.79 Å². The molecule has 0 aromatic carbocycles. The van der Waals surface area contributed by atoms with E-state index in [-0.39, 0.29) is 16.9 Å². The Hall–Kier alpha value is -1.14. The molecule has 2 fully saturated rings. The summed E-state index contributed by atoms with van der Waals surface area (Å²) in [6.07, 6.45) is 0.795. The molecule has 156 valence electrons. The number of nitrogens with zero attached hydrogens (tertiary/aromatic N) is 2. The Labute approximate surface area is 177 Å². The van der Waals surface area contributed by atoms with Crippen molar-refractivity contribution in [1.82, 2.24) is 4.98 Å². The number of halogens is 1. The number of aryl methyl sites for hydroxylation is 2. The number of ether oxygens (including phenoxy) is 1. The summed E-state index contributed by atoms with van der Waals surface area (Å²) in [5.74, 6) is -0.0389. The van der Waals surface area contributed by atoms with Gasteiger partial charge in [0.05, 0.1) is 22.0 Å². The van der Waals surface area contributed by atoms with Crippen LogP contribution in [0.1, 0.15) is 70.5 Å². The van der Waals surface area contributed by atoms with Crippen LogP contribution in [0.5, 0.6) is 0 Å². The monoisotopic (exact) mass is 452 g/mol. The van der Waals surface area contributed by atoms with Gasteiger partial charge in [0.2, 0.25) is 0 Å². The molecule has 2 heterocycles. The minimum atomic E-state index is -1.35. The normalized spacial score (nSPS) is 27.2. The third kappa shape index (κ3) is 3.36. The summed E-state index contributed by atoms with van der Waals surface area (Å²) in [6, 6.07) is 0. The van der Waals surface area contributed by atoms with Crippen molar-refractivity contribution in [3.8, 4) is 0 Å². The van der Waals surface area contributed by atoms with Gasteiger partial charge in [0.15, 0.2) is 6.10 Å². The predicted octanol–water partition coefficient (Wildman–Crippen LogP) is 4.71. The molecule has 0 amide bonds. The van der Waals surface area contributed by atoms with Crippen LogP contribution >= 0.6 is 15.9 Å². The minimum Gasteiger partial charge on any atom is -0.461 e. The van der Waals surface area contributed by atoms with Crippen molar-refractivity contribution in [2.24, 2.45) is 16.7 Å². The average molecular weight is 453 g/mol. The highest BCUT2D eigenvalue weighted by Crippen LogP contribution is 2.60. The molecule has 0 spiro atoms. The number of aliphatic hydroxyl groups is 1. The molecule has 1 aromatic heterocycles. The lowest BCUT2D eigenvalue weighted by Gasteiger charge is -2.51. The van der Waals surface area contributed by atoms with Gasteiger partial charge in [-0.2, -0.15) is 0 Å². The van der Waals surface area contributed by atoms with Gasteiger partial charge >= 0.3 is 5.97 Å². The molecular formula is C22H33BrN2O3. The molecule has 3 unspecified atom stereocenters. The number of hydrogen-bond donors (Lipinski definition) is 1. The van der Waals surface area contributed by atoms with E-state index in [9.17, 15) is 9.90 Å². The summed E-state index contributed by atoms with van der Waals surface area (Å²) >= 11 is 3.71. The summed E-state index contributed by atoms with van der Waals surface area (Å²) in [5.41, 5.74) is 3.47. The van der Waals surface area contributed by atoms with Crippen LogP contribution in [0.3, 0.4) is 0 Å². The van der Waals surface area contributed by atoms with Crippen LogP contribution < -0.4 is 4.90 Å². The molecule has 0 radical (unpaired) electrons. The van der Waals surface area contributed by atoms with Crippen molar-refractivity contribution in [1.29, 1.82) is 0 Å². The molecule has 1 N–H and O–H groups in total. The van der Waals surface area contributed by atoms with E-state index in [0.717, 1.165) is 28.9 Å². The maximum atomic E-state index is 12.5. The van der Waals surface area contributed by atoms with Crippen molar-refractivity contribution in [2.75, 3.05) is 18.0 Å². The topological polar surface area (TPSA) is 62.7 Å². The van der Waals surface area contributed by atoms with Crippen LogP contribution in [-0.4, -0.2) is 35.3 Å². The first-order chi connectivity index (χ1) is 12.9. The van der Waals surface area contributed by atoms with Crippen molar-refractivity contribution < 1.29 is 14.6 Å². The van der Waals surface area contributed by atoms with Crippen LogP contribution in [0.25, 0.3) is 0 Å². The van der Waals surface area contributed by atoms with Gasteiger partial charge in [-0.3, -0.25) is 4.98 Å². The van der Waals surface area contributed by atoms with Crippen LogP contribution in [-0.2, 0) is 9.53 Å². The van der Waals surface area contributed by atoms with E-state index < -0.39 is 12.1 Å². The Kier molecular flexibility index (Phi) is 5.61. The number of pyridine rings is 1. The Morgan fingerprint density at radius 3 is 2.50 bits per heavy atom. The molecule has 1 saturated carbocycles. The van der Waals surface area contributed by atoms with Gasteiger partial charge in [-0.1, -0.05) is 20.8 Å². The predicted molar refractivity (Wildman–Crippen MR) is 114 cm³/mol. The number of carbonyl (C=O) groups is 1. The van der Waals surface area contributed by atoms with E-state index in [0.29, 0.717) is 17.2 Å². The molecule has 1 aromatic rings. The van der Waals surface area contributed by atoms with E-state index in [1.807, 2.05) is 13.8 Å². The smallest absolute Gasteiger partial charge is 0.340 e. The molecule has 3 atom stereocenters. The lowest BCUT2D eigenvalue weighted by molar-refractivity contribution is -0.157. The number of fused-ring (bicyclic) bond motifs is 2. The Morgan fingerprint density at radius 1 is 1.29 bits per heavy atom. The van der Waals surface area contributed by atoms with Gasteiger partial charge in [0.1, 0.15) is 0 Å². The van der Waals surface area contributed by atoms with E-state index >= 15 is 0 Å². The summed E-state index contributed by atoms with van der Waals surface area (Å²) in [6.45, 7) is 16.3. The molecule has 3 rings (SSSR count). The second kappa shape index (κ2) is 7.28. The van der Waals surface area contributed by atoms with Crippen molar-refractivity contribution in [3.63, 3.8) is 0 Å². The highest BCUT2D eigenvalue weighted by atomic mass is 79.9. The number of anilines is 1. The van der Waals surface area contributed by atoms with Crippen molar-refractivity contribution >= 4 is 27.6 Å². The molecule has 6 heteroatoms. The Bertz CT molecular complexity index is 792. The van der Waals surface area contributed by atoms with Gasteiger partial charge in [0.25, 0.3) is 0 Å². The van der Waals surface area contributed by atoms with Crippen LogP contribution in [0.4, 0.5) is 5.69 Å². The fraction of sp³-hybridized carbons (Fsp3) is 0.727. The zero-order valence-electron chi connectivity index (χ0n) is 18.1. The summed E-state index contributed by atoms with van der Waals surface area (Å²) < 4.78 is 6.14. The van der Waals surface area contributed by atoms with E-state index in [4.69, 9.17) is 4.74 Å². The third-order valence-corrected chi connectivity index (χ3v) is 8.22. The number of aliphatic hydroxyl groups excluding tert-OH is 1. The molecule has 28 heavy (non-hydrogen) atoms. The molecule has 1 aliphatic heterocycles. The average Bonchev–Trinajstić information content (AvgIpc) is 2.72. The Morgan fingerprint density at radius 2 is 1.93 bits per heavy atom. The van der Waals surface area contributed by atoms with E-state index in [1.54, 1.807) is 13.8 Å². The number of hydrogen-bond acceptors (Lipinski definition) is 5. The van der Waals surface area contributed by atoms with Gasteiger partial charge in [-0.05, 0) is 73.2 Å². The molecule has 2 bridgehead atoms. The fourth-order valence-corrected chi connectivity index (χ4v) is 5.62. The van der Waals surface area contributed by atoms with Gasteiger partial charge < -0.3 is 14.7 Å². The zero-order chi connectivity index (χ0) is 21.0. The number of carbonyl (C=O) groups excluding carboxylic acids is 1. The lowest BCUT2D eigenvalue weighted by atomic mass is 9.63. The molecule has 1 aliphatic carbocycles. The fourth-order valence-electron chi connectivity index (χ4n) is 5.07. The standard InChI is InChI=1S/C22H33BrN2O3/c1-12(2)28-20(27)19(26)16-13(3)24-14(4)17(23)18(16)25-10-15-8-9-22(7,11-25)21(15,5)6/h12,15,19,26H,8-11H2,1-7H3. The summed E-state index contributed by atoms with van der Waals surface area (Å²) in [5, 5.41) is 10.9. The van der Waals surface area contributed by atoms with Crippen molar-refractivity contribution in [3.05, 3.63) is 21.4 Å². The van der Waals surface area contributed by atoms with Crippen LogP contribution in [0, 0.1) is 30.6 Å². The molecule has 1 saturated heterocycles. The first kappa shape index (κ1) is 21.6. The number of piperidine rings is 1. The molecular weight excluding hydrogens is 420 g/mol.